The van der Waals surface area contributed by atoms with Crippen molar-refractivity contribution in [2.75, 3.05) is 27.3 Å². The molecule has 0 spiro atoms. The number of amides is 1. The fourth-order valence-corrected chi connectivity index (χ4v) is 3.28. The minimum Gasteiger partial charge on any atom is -0.493 e. The molecule has 0 atom stereocenters. The molecule has 0 heterocycles. The Morgan fingerprint density at radius 2 is 1.50 bits per heavy atom. The van der Waals surface area contributed by atoms with E-state index in [1.165, 1.54) is 4.90 Å². The molecule has 0 bridgehead atoms. The maximum atomic E-state index is 12.8. The molecule has 34 heavy (non-hydrogen) atoms. The van der Waals surface area contributed by atoms with E-state index in [0.717, 1.165) is 42.6 Å². The number of ketones is 1. The summed E-state index contributed by atoms with van der Waals surface area (Å²) in [6, 6.07) is 10.6. The van der Waals surface area contributed by atoms with Gasteiger partial charge in [0.1, 0.15) is 11.5 Å². The Labute approximate surface area is 204 Å². The van der Waals surface area contributed by atoms with Gasteiger partial charge in [-0.05, 0) is 55.2 Å². The zero-order chi connectivity index (χ0) is 24.9. The van der Waals surface area contributed by atoms with Crippen LogP contribution in [0.2, 0.25) is 0 Å². The molecule has 2 aromatic carbocycles. The molecule has 0 N–H and O–H groups in total. The molecule has 0 aliphatic carbocycles. The Morgan fingerprint density at radius 1 is 0.912 bits per heavy atom. The average Bonchev–Trinajstić information content (AvgIpc) is 2.84. The van der Waals surface area contributed by atoms with Gasteiger partial charge >= 0.3 is 0 Å². The van der Waals surface area contributed by atoms with E-state index in [1.54, 1.807) is 50.5 Å². The monoisotopic (exact) mass is 463 g/mol. The Hall–Kier alpha value is -3.34. The van der Waals surface area contributed by atoms with Crippen molar-refractivity contribution >= 4 is 17.8 Å². The summed E-state index contributed by atoms with van der Waals surface area (Å²) >= 11 is 0. The highest BCUT2D eigenvalue weighted by atomic mass is 16.5. The summed E-state index contributed by atoms with van der Waals surface area (Å²) in [4.78, 5) is 26.4. The highest BCUT2D eigenvalue weighted by molar-refractivity contribution is 6.07. The van der Waals surface area contributed by atoms with Crippen molar-refractivity contribution in [1.29, 1.82) is 0 Å². The summed E-state index contributed by atoms with van der Waals surface area (Å²) in [6.45, 7) is 9.36. The predicted molar refractivity (Wildman–Crippen MR) is 139 cm³/mol. The first-order valence-corrected chi connectivity index (χ1v) is 12.0. The Kier molecular flexibility index (Phi) is 11.1. The normalized spacial score (nSPS) is 10.8. The lowest BCUT2D eigenvalue weighted by Gasteiger charge is -2.16. The second kappa shape index (κ2) is 14.0. The molecule has 0 aliphatic heterocycles. The first kappa shape index (κ1) is 26.9. The van der Waals surface area contributed by atoms with Gasteiger partial charge in [0.05, 0.1) is 13.2 Å². The smallest absolute Gasteiger partial charge is 0.253 e. The van der Waals surface area contributed by atoms with Crippen LogP contribution in [0.25, 0.3) is 6.08 Å². The molecule has 0 aromatic heterocycles. The van der Waals surface area contributed by atoms with Crippen LogP contribution in [-0.2, 0) is 6.42 Å². The Morgan fingerprint density at radius 3 is 2.06 bits per heavy atom. The third kappa shape index (κ3) is 7.91. The third-order valence-electron chi connectivity index (χ3n) is 5.30. The van der Waals surface area contributed by atoms with Crippen molar-refractivity contribution in [2.24, 2.45) is 0 Å². The number of ether oxygens (including phenoxy) is 2. The highest BCUT2D eigenvalue weighted by Gasteiger charge is 2.12. The fourth-order valence-electron chi connectivity index (χ4n) is 3.28. The molecule has 0 saturated heterocycles. The van der Waals surface area contributed by atoms with Crippen LogP contribution < -0.4 is 9.47 Å². The first-order chi connectivity index (χ1) is 16.4. The second-order valence-corrected chi connectivity index (χ2v) is 8.37. The third-order valence-corrected chi connectivity index (χ3v) is 5.30. The van der Waals surface area contributed by atoms with Gasteiger partial charge in [0.15, 0.2) is 5.78 Å². The molecule has 2 aromatic rings. The van der Waals surface area contributed by atoms with Crippen LogP contribution in [0.3, 0.4) is 0 Å². The Balaban J connectivity index is 2.31. The van der Waals surface area contributed by atoms with Gasteiger partial charge in [-0.3, -0.25) is 9.59 Å². The lowest BCUT2D eigenvalue weighted by molar-refractivity contribution is 0.0827. The summed E-state index contributed by atoms with van der Waals surface area (Å²) in [5, 5.41) is 0. The maximum Gasteiger partial charge on any atom is 0.253 e. The molecule has 0 saturated carbocycles. The number of hydrogen-bond donors (Lipinski definition) is 0. The van der Waals surface area contributed by atoms with E-state index in [0.29, 0.717) is 36.5 Å². The van der Waals surface area contributed by atoms with Gasteiger partial charge in [0.2, 0.25) is 0 Å². The van der Waals surface area contributed by atoms with Gasteiger partial charge in [0.25, 0.3) is 5.91 Å². The van der Waals surface area contributed by atoms with Crippen molar-refractivity contribution in [2.45, 2.75) is 46.0 Å². The van der Waals surface area contributed by atoms with Crippen LogP contribution in [0.4, 0.5) is 0 Å². The molecule has 0 radical (unpaired) electrons. The number of unbranched alkanes of at least 4 members (excludes halogenated alkanes) is 2. The van der Waals surface area contributed by atoms with Crippen molar-refractivity contribution in [3.63, 3.8) is 0 Å². The van der Waals surface area contributed by atoms with Crippen LogP contribution in [-0.4, -0.2) is 43.9 Å². The van der Waals surface area contributed by atoms with Crippen LogP contribution in [0.5, 0.6) is 11.5 Å². The second-order valence-electron chi connectivity index (χ2n) is 8.37. The van der Waals surface area contributed by atoms with Crippen LogP contribution >= 0.6 is 0 Å². The number of carbonyl (C=O) groups is 2. The van der Waals surface area contributed by atoms with Crippen molar-refractivity contribution in [1.82, 2.24) is 4.90 Å². The molecule has 2 rings (SSSR count). The molecule has 5 nitrogen and oxygen atoms in total. The van der Waals surface area contributed by atoms with Crippen LogP contribution in [0.1, 0.15) is 71.4 Å². The summed E-state index contributed by atoms with van der Waals surface area (Å²) in [5.41, 5.74) is 2.90. The molecule has 5 heteroatoms. The molecular formula is C29H37NO4. The van der Waals surface area contributed by atoms with Gasteiger partial charge in [-0.1, -0.05) is 44.9 Å². The zero-order valence-corrected chi connectivity index (χ0v) is 20.9. The number of nitrogens with zero attached hydrogens (tertiary/aromatic N) is 1. The van der Waals surface area contributed by atoms with Gasteiger partial charge in [-0.15, -0.1) is 6.58 Å². The van der Waals surface area contributed by atoms with Crippen molar-refractivity contribution in [3.8, 4) is 11.5 Å². The van der Waals surface area contributed by atoms with E-state index in [-0.39, 0.29) is 11.7 Å². The van der Waals surface area contributed by atoms with E-state index in [9.17, 15) is 9.59 Å². The van der Waals surface area contributed by atoms with E-state index in [2.05, 4.69) is 20.4 Å². The van der Waals surface area contributed by atoms with Gasteiger partial charge in [0, 0.05) is 36.9 Å². The predicted octanol–water partition coefficient (Wildman–Crippen LogP) is 6.37. The largest absolute Gasteiger partial charge is 0.493 e. The van der Waals surface area contributed by atoms with E-state index >= 15 is 0 Å². The topological polar surface area (TPSA) is 55.8 Å². The molecule has 0 fully saturated rings. The minimum atomic E-state index is -0.142. The lowest BCUT2D eigenvalue weighted by Crippen LogP contribution is -2.21. The molecular weight excluding hydrogens is 426 g/mol. The Bertz CT molecular complexity index is 990. The summed E-state index contributed by atoms with van der Waals surface area (Å²) in [7, 11) is 3.40. The van der Waals surface area contributed by atoms with Gasteiger partial charge in [-0.25, -0.2) is 0 Å². The molecule has 0 aliphatic rings. The van der Waals surface area contributed by atoms with Crippen molar-refractivity contribution in [3.05, 3.63) is 77.4 Å². The van der Waals surface area contributed by atoms with Crippen LogP contribution in [0.15, 0.2) is 55.1 Å². The van der Waals surface area contributed by atoms with Crippen LogP contribution in [0, 0.1) is 0 Å². The molecule has 182 valence electrons. The number of hydrogen-bond acceptors (Lipinski definition) is 4. The van der Waals surface area contributed by atoms with E-state index < -0.39 is 0 Å². The van der Waals surface area contributed by atoms with Gasteiger partial charge in [-0.2, -0.15) is 0 Å². The van der Waals surface area contributed by atoms with E-state index in [1.807, 2.05) is 18.2 Å². The van der Waals surface area contributed by atoms with Gasteiger partial charge < -0.3 is 14.4 Å². The SMILES string of the molecule is C=CCc1cc(C=CC(=O)c2ccc(C(=O)N(C)C)cc2)c(OCCCC)cc1OCCCC. The number of benzene rings is 2. The highest BCUT2D eigenvalue weighted by Crippen LogP contribution is 2.32. The zero-order valence-electron chi connectivity index (χ0n) is 20.9. The molecule has 0 unspecified atom stereocenters. The summed E-state index contributed by atoms with van der Waals surface area (Å²) in [6.07, 6.45) is 9.84. The summed E-state index contributed by atoms with van der Waals surface area (Å²) < 4.78 is 12.1. The maximum absolute atomic E-state index is 12.8. The minimum absolute atomic E-state index is 0.0978. The summed E-state index contributed by atoms with van der Waals surface area (Å²) in [5.74, 6) is 1.25. The quantitative estimate of drug-likeness (QED) is 0.141. The van der Waals surface area contributed by atoms with E-state index in [4.69, 9.17) is 9.47 Å². The number of allylic oxidation sites excluding steroid dienone is 2. The number of rotatable bonds is 14. The molecule has 1 amide bonds. The standard InChI is InChI=1S/C29H37NO4/c1-6-9-18-33-27-21-28(34-19-10-7-2)25(20-24(27)11-8-3)16-17-26(31)22-12-14-23(15-13-22)29(32)30(4)5/h8,12-17,20-21H,3,6-7,9-11,18-19H2,1-2,4-5H3. The average molecular weight is 464 g/mol. The lowest BCUT2D eigenvalue weighted by atomic mass is 10.0. The number of carbonyl (C=O) groups excluding carboxylic acids is 2. The van der Waals surface area contributed by atoms with Crippen molar-refractivity contribution < 1.29 is 19.1 Å². The fraction of sp³-hybridized carbons (Fsp3) is 0.379. The first-order valence-electron chi connectivity index (χ1n) is 12.0.